The van der Waals surface area contributed by atoms with Gasteiger partial charge in [-0.2, -0.15) is 0 Å². The molecule has 2 N–H and O–H groups in total. The van der Waals surface area contributed by atoms with Gasteiger partial charge in [0, 0.05) is 23.4 Å². The molecule has 0 bridgehead atoms. The van der Waals surface area contributed by atoms with Crippen molar-refractivity contribution in [3.63, 3.8) is 0 Å². The van der Waals surface area contributed by atoms with E-state index in [0.29, 0.717) is 36.1 Å². The molecule has 1 aliphatic heterocycles. The molecule has 0 radical (unpaired) electrons. The zero-order valence-corrected chi connectivity index (χ0v) is 16.8. The summed E-state index contributed by atoms with van der Waals surface area (Å²) in [6, 6.07) is 11.2. The molecule has 0 saturated heterocycles. The van der Waals surface area contributed by atoms with Gasteiger partial charge in [0.15, 0.2) is 11.5 Å². The number of nitrogens with one attached hydrogen (secondary N) is 2. The van der Waals surface area contributed by atoms with E-state index in [1.54, 1.807) is 30.3 Å². The predicted octanol–water partition coefficient (Wildman–Crippen LogP) is 3.78. The van der Waals surface area contributed by atoms with Crippen LogP contribution in [-0.4, -0.2) is 27.5 Å². The molecule has 154 valence electrons. The van der Waals surface area contributed by atoms with Crippen molar-refractivity contribution in [3.05, 3.63) is 42.5 Å². The monoisotopic (exact) mass is 416 g/mol. The van der Waals surface area contributed by atoms with Crippen molar-refractivity contribution in [2.75, 3.05) is 23.3 Å². The van der Waals surface area contributed by atoms with Crippen molar-refractivity contribution in [1.82, 2.24) is 0 Å². The van der Waals surface area contributed by atoms with Crippen LogP contribution < -0.4 is 19.5 Å². The number of benzene rings is 2. The smallest absolute Gasteiger partial charge is 0.262 e. The van der Waals surface area contributed by atoms with Crippen LogP contribution >= 0.6 is 0 Å². The molecule has 1 aliphatic carbocycles. The first-order chi connectivity index (χ1) is 14.0. The van der Waals surface area contributed by atoms with Crippen LogP contribution in [0, 0.1) is 5.92 Å². The molecule has 4 rings (SSSR count). The number of sulfonamides is 1. The highest BCUT2D eigenvalue weighted by Crippen LogP contribution is 2.33. The van der Waals surface area contributed by atoms with Gasteiger partial charge in [-0.05, 0) is 49.2 Å². The lowest BCUT2D eigenvalue weighted by atomic mass is 9.88. The van der Waals surface area contributed by atoms with E-state index in [4.69, 9.17) is 9.47 Å². The molecule has 0 aromatic heterocycles. The number of rotatable bonds is 5. The molecular weight excluding hydrogens is 392 g/mol. The number of carbonyl (C=O) groups is 1. The Morgan fingerprint density at radius 3 is 2.24 bits per heavy atom. The van der Waals surface area contributed by atoms with E-state index in [9.17, 15) is 13.2 Å². The van der Waals surface area contributed by atoms with Gasteiger partial charge in [-0.25, -0.2) is 8.42 Å². The standard InChI is InChI=1S/C21H24N2O5S/c24-21(15-4-2-1-3-5-15)22-16-6-8-17(9-7-16)23-29(25,26)18-10-11-19-20(14-18)28-13-12-27-19/h6-11,14-15,23H,1-5,12-13H2,(H,22,24). The zero-order chi connectivity index (χ0) is 20.3. The van der Waals surface area contributed by atoms with E-state index in [2.05, 4.69) is 10.0 Å². The summed E-state index contributed by atoms with van der Waals surface area (Å²) in [6.07, 6.45) is 5.25. The Bertz CT molecular complexity index is 983. The first-order valence-corrected chi connectivity index (χ1v) is 11.3. The van der Waals surface area contributed by atoms with Gasteiger partial charge in [-0.15, -0.1) is 0 Å². The summed E-state index contributed by atoms with van der Waals surface area (Å²) in [5.74, 6) is 1.06. The first kappa shape index (κ1) is 19.6. The van der Waals surface area contributed by atoms with E-state index < -0.39 is 10.0 Å². The Morgan fingerprint density at radius 1 is 0.862 bits per heavy atom. The van der Waals surface area contributed by atoms with Crippen LogP contribution in [0.15, 0.2) is 47.4 Å². The number of fused-ring (bicyclic) bond motifs is 1. The normalized spacial score (nSPS) is 16.8. The molecule has 1 saturated carbocycles. The lowest BCUT2D eigenvalue weighted by molar-refractivity contribution is -0.120. The summed E-state index contributed by atoms with van der Waals surface area (Å²) < 4.78 is 38.8. The second-order valence-electron chi connectivity index (χ2n) is 7.31. The van der Waals surface area contributed by atoms with E-state index in [1.807, 2.05) is 0 Å². The molecule has 7 nitrogen and oxygen atoms in total. The third-order valence-corrected chi connectivity index (χ3v) is 6.58. The van der Waals surface area contributed by atoms with Gasteiger partial charge >= 0.3 is 0 Å². The molecule has 0 atom stereocenters. The highest BCUT2D eigenvalue weighted by Gasteiger charge is 2.22. The molecule has 2 aliphatic rings. The average Bonchev–Trinajstić information content (AvgIpc) is 2.75. The fourth-order valence-electron chi connectivity index (χ4n) is 3.64. The van der Waals surface area contributed by atoms with Crippen molar-refractivity contribution in [3.8, 4) is 11.5 Å². The molecule has 0 spiro atoms. The van der Waals surface area contributed by atoms with Gasteiger partial charge < -0.3 is 14.8 Å². The zero-order valence-electron chi connectivity index (χ0n) is 16.0. The summed E-state index contributed by atoms with van der Waals surface area (Å²) in [5.41, 5.74) is 1.07. The van der Waals surface area contributed by atoms with Gasteiger partial charge in [0.2, 0.25) is 5.91 Å². The average molecular weight is 416 g/mol. The maximum Gasteiger partial charge on any atom is 0.262 e. The van der Waals surface area contributed by atoms with Gasteiger partial charge in [-0.3, -0.25) is 9.52 Å². The van der Waals surface area contributed by atoms with Gasteiger partial charge in [0.25, 0.3) is 10.0 Å². The van der Waals surface area contributed by atoms with Crippen LogP contribution in [0.25, 0.3) is 0 Å². The molecule has 2 aromatic carbocycles. The van der Waals surface area contributed by atoms with Crippen LogP contribution in [0.2, 0.25) is 0 Å². The molecule has 29 heavy (non-hydrogen) atoms. The Labute approximate surface area is 170 Å². The van der Waals surface area contributed by atoms with Crippen molar-refractivity contribution in [2.45, 2.75) is 37.0 Å². The summed E-state index contributed by atoms with van der Waals surface area (Å²) in [6.45, 7) is 0.832. The minimum Gasteiger partial charge on any atom is -0.486 e. The summed E-state index contributed by atoms with van der Waals surface area (Å²) in [4.78, 5) is 12.4. The minimum atomic E-state index is -3.77. The van der Waals surface area contributed by atoms with Gasteiger partial charge in [-0.1, -0.05) is 19.3 Å². The summed E-state index contributed by atoms with van der Waals surface area (Å²) in [5, 5.41) is 2.92. The van der Waals surface area contributed by atoms with Crippen LogP contribution in [0.1, 0.15) is 32.1 Å². The predicted molar refractivity (Wildman–Crippen MR) is 110 cm³/mol. The summed E-state index contributed by atoms with van der Waals surface area (Å²) >= 11 is 0. The Kier molecular flexibility index (Phi) is 5.62. The molecule has 1 heterocycles. The summed E-state index contributed by atoms with van der Waals surface area (Å²) in [7, 11) is -3.77. The van der Waals surface area contributed by atoms with Gasteiger partial charge in [0.1, 0.15) is 13.2 Å². The van der Waals surface area contributed by atoms with E-state index >= 15 is 0 Å². The molecule has 2 aromatic rings. The molecule has 1 fully saturated rings. The van der Waals surface area contributed by atoms with E-state index in [-0.39, 0.29) is 16.7 Å². The van der Waals surface area contributed by atoms with E-state index in [1.165, 1.54) is 18.6 Å². The highest BCUT2D eigenvalue weighted by atomic mass is 32.2. The van der Waals surface area contributed by atoms with Crippen LogP contribution in [-0.2, 0) is 14.8 Å². The first-order valence-electron chi connectivity index (χ1n) is 9.85. The van der Waals surface area contributed by atoms with Gasteiger partial charge in [0.05, 0.1) is 4.90 Å². The third-order valence-electron chi connectivity index (χ3n) is 5.20. The SMILES string of the molecule is O=C(Nc1ccc(NS(=O)(=O)c2ccc3c(c2)OCCO3)cc1)C1CCCCC1. The van der Waals surface area contributed by atoms with Crippen molar-refractivity contribution < 1.29 is 22.7 Å². The molecule has 0 unspecified atom stereocenters. The Hall–Kier alpha value is -2.74. The van der Waals surface area contributed by atoms with Crippen LogP contribution in [0.4, 0.5) is 11.4 Å². The highest BCUT2D eigenvalue weighted by molar-refractivity contribution is 7.92. The number of ether oxygens (including phenoxy) is 2. The van der Waals surface area contributed by atoms with Crippen molar-refractivity contribution in [1.29, 1.82) is 0 Å². The number of hydrogen-bond donors (Lipinski definition) is 2. The fraction of sp³-hybridized carbons (Fsp3) is 0.381. The largest absolute Gasteiger partial charge is 0.486 e. The van der Waals surface area contributed by atoms with Crippen molar-refractivity contribution in [2.24, 2.45) is 5.92 Å². The molecular formula is C21H24N2O5S. The quantitative estimate of drug-likeness (QED) is 0.774. The minimum absolute atomic E-state index is 0.0364. The van der Waals surface area contributed by atoms with Crippen LogP contribution in [0.3, 0.4) is 0 Å². The lowest BCUT2D eigenvalue weighted by Gasteiger charge is -2.20. The number of anilines is 2. The lowest BCUT2D eigenvalue weighted by Crippen LogP contribution is -2.24. The number of carbonyl (C=O) groups excluding carboxylic acids is 1. The third kappa shape index (κ3) is 4.64. The fourth-order valence-corrected chi connectivity index (χ4v) is 4.71. The number of amides is 1. The van der Waals surface area contributed by atoms with E-state index in [0.717, 1.165) is 25.7 Å². The van der Waals surface area contributed by atoms with Crippen LogP contribution in [0.5, 0.6) is 11.5 Å². The second-order valence-corrected chi connectivity index (χ2v) is 8.99. The topological polar surface area (TPSA) is 93.7 Å². The molecule has 8 heteroatoms. The maximum absolute atomic E-state index is 12.7. The Morgan fingerprint density at radius 2 is 1.52 bits per heavy atom. The molecule has 1 amide bonds. The number of hydrogen-bond acceptors (Lipinski definition) is 5. The second kappa shape index (κ2) is 8.32. The van der Waals surface area contributed by atoms with Crippen molar-refractivity contribution >= 4 is 27.3 Å². The Balaban J connectivity index is 1.42. The maximum atomic E-state index is 12.7.